The molecule has 0 radical (unpaired) electrons. The van der Waals surface area contributed by atoms with Crippen molar-refractivity contribution >= 4 is 5.57 Å². The number of aromatic nitrogens is 1. The molecule has 1 aromatic rings. The smallest absolute Gasteiger partial charge is 0.208 e. The van der Waals surface area contributed by atoms with Gasteiger partial charge < -0.3 is 20.6 Å². The van der Waals surface area contributed by atoms with E-state index in [1.165, 1.54) is 48.1 Å². The Morgan fingerprint density at radius 3 is 2.17 bits per heavy atom. The third-order valence-electron chi connectivity index (χ3n) is 4.65. The fourth-order valence-electron chi connectivity index (χ4n) is 3.03. The zero-order valence-electron chi connectivity index (χ0n) is 21.1. The molecule has 1 aliphatic rings. The summed E-state index contributed by atoms with van der Waals surface area (Å²) in [5.74, 6) is 0.670. The van der Waals surface area contributed by atoms with Crippen LogP contribution in [0.2, 0.25) is 0 Å². The molecule has 2 nitrogen and oxygen atoms in total. The van der Waals surface area contributed by atoms with Gasteiger partial charge in [0.2, 0.25) is 5.69 Å². The number of pyridine rings is 1. The second kappa shape index (κ2) is 21.3. The third-order valence-corrected chi connectivity index (χ3v) is 4.65. The van der Waals surface area contributed by atoms with Crippen molar-refractivity contribution in [1.29, 1.82) is 0 Å². The van der Waals surface area contributed by atoms with E-state index in [1.807, 2.05) is 12.2 Å². The van der Waals surface area contributed by atoms with Crippen LogP contribution in [-0.2, 0) is 28.1 Å². The SMILES string of the molecule is C=C/C=C(C)\C=C(/C)c1cc(C)cc[n+]1C.CC1CCCCC1[NH-].CCC.[CH3-].[CH3-].[Pt]. The first kappa shape index (κ1) is 36.4. The van der Waals surface area contributed by atoms with Gasteiger partial charge in [0.25, 0.3) is 0 Å². The van der Waals surface area contributed by atoms with Crippen LogP contribution in [0.3, 0.4) is 0 Å². The molecule has 0 aliphatic heterocycles. The molecule has 1 aliphatic carbocycles. The summed E-state index contributed by atoms with van der Waals surface area (Å²) >= 11 is 0. The fourth-order valence-corrected chi connectivity index (χ4v) is 3.03. The van der Waals surface area contributed by atoms with Gasteiger partial charge in [-0.25, -0.2) is 4.57 Å². The minimum atomic E-state index is 0. The number of rotatable bonds is 3. The summed E-state index contributed by atoms with van der Waals surface area (Å²) in [5, 5.41) is 0. The van der Waals surface area contributed by atoms with Gasteiger partial charge in [0.15, 0.2) is 6.20 Å². The number of nitrogens with one attached hydrogen (secondary N) is 1. The molecule has 1 N–H and O–H groups in total. The minimum Gasteiger partial charge on any atom is -0.674 e. The molecule has 2 unspecified atom stereocenters. The summed E-state index contributed by atoms with van der Waals surface area (Å²) in [6, 6.07) is 4.57. The van der Waals surface area contributed by atoms with Gasteiger partial charge in [-0.2, -0.15) is 0 Å². The van der Waals surface area contributed by atoms with Gasteiger partial charge in [0, 0.05) is 38.8 Å². The number of hydrogen-bond donors (Lipinski definition) is 0. The maximum absolute atomic E-state index is 7.48. The van der Waals surface area contributed by atoms with Crippen LogP contribution in [0.25, 0.3) is 11.3 Å². The van der Waals surface area contributed by atoms with Gasteiger partial charge in [-0.05, 0) is 32.4 Å². The van der Waals surface area contributed by atoms with Gasteiger partial charge in [-0.1, -0.05) is 83.1 Å². The first-order valence-electron chi connectivity index (χ1n) is 10.4. The third kappa shape index (κ3) is 15.8. The largest absolute Gasteiger partial charge is 0.674 e. The van der Waals surface area contributed by atoms with E-state index < -0.39 is 0 Å². The molecule has 0 aromatic carbocycles. The van der Waals surface area contributed by atoms with E-state index in [-0.39, 0.29) is 42.0 Å². The molecule has 178 valence electrons. The van der Waals surface area contributed by atoms with Crippen molar-refractivity contribution < 1.29 is 25.6 Å². The van der Waals surface area contributed by atoms with Crippen LogP contribution in [0.4, 0.5) is 0 Å². The van der Waals surface area contributed by atoms with E-state index in [0.29, 0.717) is 5.92 Å². The molecule has 30 heavy (non-hydrogen) atoms. The Kier molecular flexibility index (Phi) is 25.8. The van der Waals surface area contributed by atoms with Crippen LogP contribution < -0.4 is 4.57 Å². The molecule has 2 atom stereocenters. The molecule has 0 amide bonds. The van der Waals surface area contributed by atoms with E-state index in [4.69, 9.17) is 5.73 Å². The average Bonchev–Trinajstić information content (AvgIpc) is 2.61. The summed E-state index contributed by atoms with van der Waals surface area (Å²) in [6.07, 6.45) is 14.4. The number of allylic oxidation sites excluding steroid dienone is 5. The van der Waals surface area contributed by atoms with Crippen molar-refractivity contribution in [3.8, 4) is 0 Å². The maximum atomic E-state index is 7.48. The summed E-state index contributed by atoms with van der Waals surface area (Å²) in [7, 11) is 2.07. The Labute approximate surface area is 204 Å². The number of nitrogens with zero attached hydrogens (tertiary/aromatic N) is 1. The molecule has 0 bridgehead atoms. The Morgan fingerprint density at radius 2 is 1.73 bits per heavy atom. The first-order chi connectivity index (χ1) is 12.8. The van der Waals surface area contributed by atoms with Crippen molar-refractivity contribution in [3.63, 3.8) is 0 Å². The summed E-state index contributed by atoms with van der Waals surface area (Å²) in [6.45, 7) is 16.5. The van der Waals surface area contributed by atoms with Gasteiger partial charge in [-0.3, -0.25) is 0 Å². The monoisotopic (exact) mass is 595 g/mol. The zero-order chi connectivity index (χ0) is 20.8. The van der Waals surface area contributed by atoms with Crippen LogP contribution >= 0.6 is 0 Å². The molecule has 0 saturated heterocycles. The Morgan fingerprint density at radius 1 is 1.20 bits per heavy atom. The predicted molar refractivity (Wildman–Crippen MR) is 134 cm³/mol. The van der Waals surface area contributed by atoms with Crippen LogP contribution in [0.15, 0.2) is 48.7 Å². The van der Waals surface area contributed by atoms with E-state index in [0.717, 1.165) is 6.42 Å². The second-order valence-electron chi connectivity index (χ2n) is 7.75. The Bertz CT molecular complexity index is 607. The minimum absolute atomic E-state index is 0. The molecule has 0 spiro atoms. The molecule has 2 rings (SSSR count). The van der Waals surface area contributed by atoms with E-state index in [2.05, 4.69) is 84.1 Å². The molecular weight excluding hydrogens is 547 g/mol. The van der Waals surface area contributed by atoms with Crippen LogP contribution in [0.1, 0.15) is 78.0 Å². The van der Waals surface area contributed by atoms with Crippen molar-refractivity contribution in [2.24, 2.45) is 13.0 Å². The Hall–Kier alpha value is -0.982. The summed E-state index contributed by atoms with van der Waals surface area (Å²) in [5.41, 5.74) is 12.5. The molecule has 1 heterocycles. The molecule has 1 fully saturated rings. The molecule has 1 saturated carbocycles. The van der Waals surface area contributed by atoms with Gasteiger partial charge >= 0.3 is 0 Å². The van der Waals surface area contributed by atoms with Crippen LogP contribution in [-0.4, -0.2) is 6.04 Å². The van der Waals surface area contributed by atoms with E-state index in [9.17, 15) is 0 Å². The predicted octanol–water partition coefficient (Wildman–Crippen LogP) is 8.29. The zero-order valence-corrected chi connectivity index (χ0v) is 23.4. The number of hydrogen-bond acceptors (Lipinski definition) is 0. The van der Waals surface area contributed by atoms with Crippen LogP contribution in [0, 0.1) is 27.7 Å². The first-order valence-corrected chi connectivity index (χ1v) is 10.4. The van der Waals surface area contributed by atoms with Crippen molar-refractivity contribution in [2.45, 2.75) is 79.7 Å². The standard InChI is InChI=1S/C15H20N.C7H14N.C3H8.2CH3.Pt/c1-6-7-12(2)10-14(4)15-11-13(3)8-9-16(15)5;1-6-4-2-3-5-7(6)8;1-3-2;;;/h6-11H,1H2,2-5H3;6-8H,2-5H2,1H3;3H2,1-2H3;2*1H3;/q+1;-1;;2*-1;/b12-7-,14-10+;;;;;. The van der Waals surface area contributed by atoms with Gasteiger partial charge in [0.1, 0.15) is 7.05 Å². The molecule has 3 heteroatoms. The van der Waals surface area contributed by atoms with Crippen molar-refractivity contribution in [2.75, 3.05) is 0 Å². The number of aryl methyl sites for hydroxylation is 2. The van der Waals surface area contributed by atoms with Crippen molar-refractivity contribution in [3.05, 3.63) is 80.6 Å². The fraction of sp³-hybridized carbons (Fsp3) is 0.519. The summed E-state index contributed by atoms with van der Waals surface area (Å²) in [4.78, 5) is 0. The average molecular weight is 596 g/mol. The molecule has 1 aromatic heterocycles. The second-order valence-corrected chi connectivity index (χ2v) is 7.75. The topological polar surface area (TPSA) is 27.7 Å². The van der Waals surface area contributed by atoms with E-state index in [1.54, 1.807) is 0 Å². The van der Waals surface area contributed by atoms with E-state index >= 15 is 0 Å². The van der Waals surface area contributed by atoms with Crippen LogP contribution in [0.5, 0.6) is 0 Å². The Balaban J connectivity index is -0.000000205. The molecular formula is C27H48N2Pt-2. The summed E-state index contributed by atoms with van der Waals surface area (Å²) < 4.78 is 2.14. The maximum Gasteiger partial charge on any atom is 0.208 e. The van der Waals surface area contributed by atoms with Gasteiger partial charge in [0.05, 0.1) is 0 Å². The quantitative estimate of drug-likeness (QED) is 0.191. The van der Waals surface area contributed by atoms with Gasteiger partial charge in [-0.15, -0.1) is 6.04 Å². The normalized spacial score (nSPS) is 18.0. The van der Waals surface area contributed by atoms with Crippen molar-refractivity contribution in [1.82, 2.24) is 0 Å².